The minimum atomic E-state index is -4.52. The number of alkyl halides is 3. The summed E-state index contributed by atoms with van der Waals surface area (Å²) in [6.07, 6.45) is -2.12. The summed E-state index contributed by atoms with van der Waals surface area (Å²) < 4.78 is 38.9. The predicted octanol–water partition coefficient (Wildman–Crippen LogP) is 2.33. The summed E-state index contributed by atoms with van der Waals surface area (Å²) in [5.41, 5.74) is -0.156. The van der Waals surface area contributed by atoms with Crippen LogP contribution in [0.4, 0.5) is 13.2 Å². The van der Waals surface area contributed by atoms with Gasteiger partial charge in [-0.15, -0.1) is 0 Å². The Hall–Kier alpha value is -1.96. The Bertz CT molecular complexity index is 635. The van der Waals surface area contributed by atoms with E-state index in [1.807, 2.05) is 6.07 Å². The molecule has 1 aromatic carbocycles. The number of benzene rings is 1. The van der Waals surface area contributed by atoms with Crippen molar-refractivity contribution in [3.05, 3.63) is 65.5 Å². The second-order valence-electron chi connectivity index (χ2n) is 5.45. The second-order valence-corrected chi connectivity index (χ2v) is 5.45. The van der Waals surface area contributed by atoms with Crippen LogP contribution in [0, 0.1) is 0 Å². The van der Waals surface area contributed by atoms with Gasteiger partial charge in [-0.05, 0) is 29.7 Å². The molecule has 0 aliphatic rings. The van der Waals surface area contributed by atoms with Crippen molar-refractivity contribution in [3.63, 3.8) is 0 Å². The van der Waals surface area contributed by atoms with Crippen molar-refractivity contribution < 1.29 is 23.4 Å². The Kier molecular flexibility index (Phi) is 6.30. The number of aromatic nitrogens is 1. The van der Waals surface area contributed by atoms with Gasteiger partial charge in [0, 0.05) is 25.0 Å². The van der Waals surface area contributed by atoms with E-state index < -0.39 is 17.8 Å². The van der Waals surface area contributed by atoms with Gasteiger partial charge < -0.3 is 15.5 Å². The van der Waals surface area contributed by atoms with E-state index in [2.05, 4.69) is 10.3 Å². The summed E-state index contributed by atoms with van der Waals surface area (Å²) in [6.45, 7) is -0.304. The molecule has 0 aliphatic carbocycles. The molecule has 1 heterocycles. The molecule has 24 heavy (non-hydrogen) atoms. The van der Waals surface area contributed by atoms with Gasteiger partial charge in [-0.1, -0.05) is 24.3 Å². The van der Waals surface area contributed by atoms with Gasteiger partial charge in [0.25, 0.3) is 0 Å². The van der Waals surface area contributed by atoms with Crippen molar-refractivity contribution in [3.8, 4) is 0 Å². The molecule has 0 bridgehead atoms. The lowest BCUT2D eigenvalue weighted by Crippen LogP contribution is -2.37. The van der Waals surface area contributed by atoms with E-state index in [9.17, 15) is 23.4 Å². The zero-order valence-corrected chi connectivity index (χ0v) is 12.9. The van der Waals surface area contributed by atoms with Crippen LogP contribution < -0.4 is 5.32 Å². The molecule has 2 rings (SSSR count). The standard InChI is InChI=1S/C17H19F3N2O2/c18-17(19,20)15-6-2-1-5-14(15)16(24)10-22-13(11-23)8-12-4-3-7-21-9-12/h1-7,9,13,16,22-24H,8,10-11H2. The maximum Gasteiger partial charge on any atom is 0.416 e. The molecule has 3 N–H and O–H groups in total. The first-order chi connectivity index (χ1) is 11.4. The lowest BCUT2D eigenvalue weighted by atomic mass is 10.0. The Labute approximate surface area is 138 Å². The second kappa shape index (κ2) is 8.23. The Morgan fingerprint density at radius 2 is 1.88 bits per heavy atom. The van der Waals surface area contributed by atoms with Crippen molar-refractivity contribution in [1.82, 2.24) is 10.3 Å². The molecule has 0 fully saturated rings. The zero-order chi connectivity index (χ0) is 17.6. The van der Waals surface area contributed by atoms with E-state index in [1.54, 1.807) is 18.5 Å². The summed E-state index contributed by atoms with van der Waals surface area (Å²) in [5.74, 6) is 0. The zero-order valence-electron chi connectivity index (χ0n) is 12.9. The van der Waals surface area contributed by atoms with Gasteiger partial charge in [0.05, 0.1) is 18.3 Å². The third-order valence-electron chi connectivity index (χ3n) is 3.65. The summed E-state index contributed by atoms with van der Waals surface area (Å²) in [6, 6.07) is 8.15. The fourth-order valence-electron chi connectivity index (χ4n) is 2.44. The fraction of sp³-hybridized carbons (Fsp3) is 0.353. The molecule has 4 nitrogen and oxygen atoms in total. The van der Waals surface area contributed by atoms with Gasteiger partial charge in [-0.2, -0.15) is 13.2 Å². The van der Waals surface area contributed by atoms with Crippen molar-refractivity contribution in [2.24, 2.45) is 0 Å². The van der Waals surface area contributed by atoms with E-state index in [0.29, 0.717) is 6.42 Å². The van der Waals surface area contributed by atoms with Gasteiger partial charge in [-0.25, -0.2) is 0 Å². The van der Waals surface area contributed by atoms with Gasteiger partial charge >= 0.3 is 6.18 Å². The first-order valence-corrected chi connectivity index (χ1v) is 7.49. The van der Waals surface area contributed by atoms with Gasteiger partial charge in [-0.3, -0.25) is 4.98 Å². The van der Waals surface area contributed by atoms with E-state index in [4.69, 9.17) is 0 Å². The molecule has 0 saturated heterocycles. The van der Waals surface area contributed by atoms with Gasteiger partial charge in [0.2, 0.25) is 0 Å². The molecule has 0 aliphatic heterocycles. The van der Waals surface area contributed by atoms with Crippen molar-refractivity contribution in [1.29, 1.82) is 0 Å². The van der Waals surface area contributed by atoms with Crippen LogP contribution in [0.5, 0.6) is 0 Å². The van der Waals surface area contributed by atoms with Gasteiger partial charge in [0.15, 0.2) is 0 Å². The Morgan fingerprint density at radius 3 is 2.50 bits per heavy atom. The molecular formula is C17H19F3N2O2. The van der Waals surface area contributed by atoms with Crippen molar-refractivity contribution in [2.45, 2.75) is 24.7 Å². The largest absolute Gasteiger partial charge is 0.416 e. The minimum absolute atomic E-state index is 0.0986. The summed E-state index contributed by atoms with van der Waals surface area (Å²) in [4.78, 5) is 3.97. The van der Waals surface area contributed by atoms with Crippen molar-refractivity contribution >= 4 is 0 Å². The van der Waals surface area contributed by atoms with Crippen LogP contribution >= 0.6 is 0 Å². The van der Waals surface area contributed by atoms with E-state index >= 15 is 0 Å². The molecule has 0 saturated carbocycles. The van der Waals surface area contributed by atoms with Crippen molar-refractivity contribution in [2.75, 3.05) is 13.2 Å². The van der Waals surface area contributed by atoms with E-state index in [0.717, 1.165) is 11.6 Å². The van der Waals surface area contributed by atoms with E-state index in [-0.39, 0.29) is 24.8 Å². The number of aliphatic hydroxyl groups is 2. The number of nitrogens with one attached hydrogen (secondary N) is 1. The first kappa shape index (κ1) is 18.4. The smallest absolute Gasteiger partial charge is 0.395 e. The molecule has 0 spiro atoms. The SMILES string of the molecule is OCC(Cc1cccnc1)NCC(O)c1ccccc1C(F)(F)F. The highest BCUT2D eigenvalue weighted by Crippen LogP contribution is 2.34. The van der Waals surface area contributed by atoms with Crippen LogP contribution in [0.25, 0.3) is 0 Å². The lowest BCUT2D eigenvalue weighted by molar-refractivity contribution is -0.139. The first-order valence-electron chi connectivity index (χ1n) is 7.49. The molecule has 130 valence electrons. The Balaban J connectivity index is 2.01. The lowest BCUT2D eigenvalue weighted by Gasteiger charge is -2.21. The van der Waals surface area contributed by atoms with E-state index in [1.165, 1.54) is 18.2 Å². The number of rotatable bonds is 7. The van der Waals surface area contributed by atoms with Crippen LogP contribution in [0.1, 0.15) is 22.8 Å². The highest BCUT2D eigenvalue weighted by atomic mass is 19.4. The molecule has 2 atom stereocenters. The maximum atomic E-state index is 13.0. The number of pyridine rings is 1. The average molecular weight is 340 g/mol. The summed E-state index contributed by atoms with van der Waals surface area (Å²) >= 11 is 0. The van der Waals surface area contributed by atoms with Crippen LogP contribution in [0.3, 0.4) is 0 Å². The topological polar surface area (TPSA) is 65.4 Å². The molecule has 7 heteroatoms. The predicted molar refractivity (Wildman–Crippen MR) is 83.2 cm³/mol. The highest BCUT2D eigenvalue weighted by Gasteiger charge is 2.34. The summed E-state index contributed by atoms with van der Waals surface area (Å²) in [5, 5.41) is 22.4. The number of nitrogens with zero attached hydrogens (tertiary/aromatic N) is 1. The molecule has 2 unspecified atom stereocenters. The third-order valence-corrected chi connectivity index (χ3v) is 3.65. The Morgan fingerprint density at radius 1 is 1.12 bits per heavy atom. The maximum absolute atomic E-state index is 13.0. The van der Waals surface area contributed by atoms with Crippen LogP contribution in [0.15, 0.2) is 48.8 Å². The number of aliphatic hydroxyl groups excluding tert-OH is 2. The molecule has 2 aromatic rings. The van der Waals surface area contributed by atoms with Crippen LogP contribution in [-0.2, 0) is 12.6 Å². The molecular weight excluding hydrogens is 321 g/mol. The summed E-state index contributed by atoms with van der Waals surface area (Å²) in [7, 11) is 0. The molecule has 1 aromatic heterocycles. The number of hydrogen-bond donors (Lipinski definition) is 3. The monoisotopic (exact) mass is 340 g/mol. The van der Waals surface area contributed by atoms with Gasteiger partial charge in [0.1, 0.15) is 0 Å². The minimum Gasteiger partial charge on any atom is -0.395 e. The molecule has 0 amide bonds. The van der Waals surface area contributed by atoms with Crippen LogP contribution in [-0.4, -0.2) is 34.4 Å². The quantitative estimate of drug-likeness (QED) is 0.724. The fourth-order valence-corrected chi connectivity index (χ4v) is 2.44. The average Bonchev–Trinajstić information content (AvgIpc) is 2.58. The van der Waals surface area contributed by atoms with Crippen LogP contribution in [0.2, 0.25) is 0 Å². The highest BCUT2D eigenvalue weighted by molar-refractivity contribution is 5.31. The third kappa shape index (κ3) is 5.02. The normalized spacial score (nSPS) is 14.4. The molecule has 0 radical (unpaired) electrons. The number of hydrogen-bond acceptors (Lipinski definition) is 4. The number of halogens is 3.